The quantitative estimate of drug-likeness (QED) is 0.187. The summed E-state index contributed by atoms with van der Waals surface area (Å²) >= 11 is 0. The van der Waals surface area contributed by atoms with E-state index in [4.69, 9.17) is 4.74 Å². The van der Waals surface area contributed by atoms with Gasteiger partial charge in [-0.3, -0.25) is 0 Å². The van der Waals surface area contributed by atoms with Crippen molar-refractivity contribution in [3.05, 3.63) is 48.0 Å². The van der Waals surface area contributed by atoms with Crippen LogP contribution in [0.25, 0.3) is 0 Å². The summed E-state index contributed by atoms with van der Waals surface area (Å²) in [6.07, 6.45) is 6.85. The molecular formula is C21H32O2S2. The predicted molar refractivity (Wildman–Crippen MR) is 113 cm³/mol. The molecule has 0 unspecified atom stereocenters. The number of benzene rings is 1. The summed E-state index contributed by atoms with van der Waals surface area (Å²) in [6, 6.07) is 9.06. The molecule has 0 spiro atoms. The minimum absolute atomic E-state index is 0.233. The van der Waals surface area contributed by atoms with E-state index < -0.39 is 0 Å². The Kier molecular flexibility index (Phi) is 11.1. The first-order valence-corrected chi connectivity index (χ1v) is 11.6. The highest BCUT2D eigenvalue weighted by Crippen LogP contribution is 2.25. The van der Waals surface area contributed by atoms with Crippen molar-refractivity contribution < 1.29 is 9.53 Å². The number of carbonyl (C=O) groups excluding carboxylic acids is 1. The number of esters is 1. The number of aryl methyl sites for hydroxylation is 1. The highest BCUT2D eigenvalue weighted by molar-refractivity contribution is 8.76. The van der Waals surface area contributed by atoms with Crippen molar-refractivity contribution in [1.82, 2.24) is 0 Å². The predicted octanol–water partition coefficient (Wildman–Crippen LogP) is 6.20. The third kappa shape index (κ3) is 10.7. The van der Waals surface area contributed by atoms with E-state index in [0.29, 0.717) is 6.61 Å². The fourth-order valence-electron chi connectivity index (χ4n) is 2.30. The Labute approximate surface area is 161 Å². The van der Waals surface area contributed by atoms with Crippen LogP contribution in [0.2, 0.25) is 0 Å². The van der Waals surface area contributed by atoms with Crippen LogP contribution in [0.1, 0.15) is 57.6 Å². The third-order valence-corrected chi connectivity index (χ3v) is 6.40. The molecule has 1 rings (SSSR count). The van der Waals surface area contributed by atoms with Crippen molar-refractivity contribution in [2.45, 2.75) is 58.3 Å². The maximum Gasteiger partial charge on any atom is 0.330 e. The smallest absolute Gasteiger partial charge is 0.330 e. The summed E-state index contributed by atoms with van der Waals surface area (Å²) in [7, 11) is 3.94. The lowest BCUT2D eigenvalue weighted by Gasteiger charge is -2.19. The summed E-state index contributed by atoms with van der Waals surface area (Å²) in [5.74, 6) is 2.04. The first-order valence-electron chi connectivity index (χ1n) is 9.06. The van der Waals surface area contributed by atoms with E-state index in [-0.39, 0.29) is 11.4 Å². The van der Waals surface area contributed by atoms with Gasteiger partial charge in [0.1, 0.15) is 0 Å². The lowest BCUT2D eigenvalue weighted by Crippen LogP contribution is -2.10. The molecule has 4 heteroatoms. The largest absolute Gasteiger partial charge is 0.463 e. The Morgan fingerprint density at radius 1 is 1.04 bits per heavy atom. The second-order valence-corrected chi connectivity index (χ2v) is 9.83. The van der Waals surface area contributed by atoms with E-state index in [1.54, 1.807) is 0 Å². The zero-order valence-electron chi connectivity index (χ0n) is 15.9. The molecule has 25 heavy (non-hydrogen) atoms. The van der Waals surface area contributed by atoms with E-state index >= 15 is 0 Å². The van der Waals surface area contributed by atoms with Crippen molar-refractivity contribution >= 4 is 27.6 Å². The summed E-state index contributed by atoms with van der Waals surface area (Å²) in [5.41, 5.74) is 3.06. The molecule has 0 aromatic heterocycles. The number of hydrogen-bond donors (Lipinski definition) is 0. The third-order valence-electron chi connectivity index (χ3n) is 3.91. The number of carbonyl (C=O) groups is 1. The van der Waals surface area contributed by atoms with Crippen LogP contribution in [-0.4, -0.2) is 24.1 Å². The molecule has 0 fully saturated rings. The van der Waals surface area contributed by atoms with Crippen LogP contribution in [0.5, 0.6) is 0 Å². The molecule has 0 aliphatic carbocycles. The molecular weight excluding hydrogens is 348 g/mol. The van der Waals surface area contributed by atoms with Crippen molar-refractivity contribution in [3.63, 3.8) is 0 Å². The van der Waals surface area contributed by atoms with Gasteiger partial charge in [0.25, 0.3) is 0 Å². The molecule has 0 aliphatic rings. The number of hydrogen-bond acceptors (Lipinski definition) is 4. The Morgan fingerprint density at radius 3 is 2.32 bits per heavy atom. The fraction of sp³-hybridized carbons (Fsp3) is 0.571. The van der Waals surface area contributed by atoms with Crippen molar-refractivity contribution in [2.75, 3.05) is 18.1 Å². The van der Waals surface area contributed by atoms with E-state index in [1.807, 2.05) is 21.6 Å². The first-order chi connectivity index (χ1) is 11.9. The molecule has 0 saturated heterocycles. The Hall–Kier alpha value is -0.870. The Balaban J connectivity index is 1.97. The number of unbranched alkanes of at least 4 members (excludes halogenated alkanes) is 3. The van der Waals surface area contributed by atoms with E-state index in [0.717, 1.165) is 25.0 Å². The average molecular weight is 381 g/mol. The molecule has 0 saturated carbocycles. The molecule has 2 nitrogen and oxygen atoms in total. The standard InChI is InChI=1S/C21H32O2S2/c1-5-20(22)23-15-8-6-7-9-16-24-25-17-14-18-10-12-19(13-11-18)21(2,3)4/h5,10-13H,1,6-9,14-17H2,2-4H3. The minimum atomic E-state index is -0.319. The monoisotopic (exact) mass is 380 g/mol. The molecule has 1 aromatic rings. The van der Waals surface area contributed by atoms with Crippen LogP contribution < -0.4 is 0 Å². The molecule has 0 amide bonds. The molecule has 0 bridgehead atoms. The van der Waals surface area contributed by atoms with E-state index in [1.165, 1.54) is 35.8 Å². The molecule has 0 heterocycles. The molecule has 0 atom stereocenters. The second-order valence-electron chi connectivity index (χ2n) is 7.13. The number of ether oxygens (including phenoxy) is 1. The zero-order chi connectivity index (χ0) is 18.5. The van der Waals surface area contributed by atoms with Gasteiger partial charge in [0.15, 0.2) is 0 Å². The van der Waals surface area contributed by atoms with Gasteiger partial charge in [-0.2, -0.15) is 0 Å². The minimum Gasteiger partial charge on any atom is -0.463 e. The fourth-order valence-corrected chi connectivity index (χ4v) is 4.48. The molecule has 0 N–H and O–H groups in total. The first kappa shape index (κ1) is 22.2. The van der Waals surface area contributed by atoms with Crippen LogP contribution >= 0.6 is 21.6 Å². The van der Waals surface area contributed by atoms with E-state index in [2.05, 4.69) is 51.6 Å². The lowest BCUT2D eigenvalue weighted by atomic mass is 9.86. The highest BCUT2D eigenvalue weighted by atomic mass is 33.1. The lowest BCUT2D eigenvalue weighted by molar-refractivity contribution is -0.137. The van der Waals surface area contributed by atoms with Crippen molar-refractivity contribution in [2.24, 2.45) is 0 Å². The molecule has 140 valence electrons. The normalized spacial score (nSPS) is 11.3. The number of rotatable bonds is 12. The van der Waals surface area contributed by atoms with Gasteiger partial charge in [0, 0.05) is 17.6 Å². The van der Waals surface area contributed by atoms with Crippen LogP contribution in [-0.2, 0) is 21.4 Å². The van der Waals surface area contributed by atoms with Crippen molar-refractivity contribution in [1.29, 1.82) is 0 Å². The van der Waals surface area contributed by atoms with Gasteiger partial charge in [0.2, 0.25) is 0 Å². The summed E-state index contributed by atoms with van der Waals surface area (Å²) < 4.78 is 4.95. The summed E-state index contributed by atoms with van der Waals surface area (Å²) in [5, 5.41) is 0. The maximum atomic E-state index is 10.9. The van der Waals surface area contributed by atoms with Crippen molar-refractivity contribution in [3.8, 4) is 0 Å². The Morgan fingerprint density at radius 2 is 1.68 bits per heavy atom. The highest BCUT2D eigenvalue weighted by Gasteiger charge is 2.12. The van der Waals surface area contributed by atoms with Crippen LogP contribution in [0.3, 0.4) is 0 Å². The summed E-state index contributed by atoms with van der Waals surface area (Å²) in [4.78, 5) is 10.9. The van der Waals surface area contributed by atoms with Gasteiger partial charge < -0.3 is 4.74 Å². The van der Waals surface area contributed by atoms with Gasteiger partial charge in [-0.25, -0.2) is 4.79 Å². The van der Waals surface area contributed by atoms with Crippen LogP contribution in [0, 0.1) is 0 Å². The van der Waals surface area contributed by atoms with Gasteiger partial charge in [-0.1, -0.05) is 86.0 Å². The van der Waals surface area contributed by atoms with Gasteiger partial charge >= 0.3 is 5.97 Å². The molecule has 0 aliphatic heterocycles. The van der Waals surface area contributed by atoms with E-state index in [9.17, 15) is 4.79 Å². The SMILES string of the molecule is C=CC(=O)OCCCCCCSSCCc1ccc(C(C)(C)C)cc1. The maximum absolute atomic E-state index is 10.9. The second kappa shape index (κ2) is 12.5. The topological polar surface area (TPSA) is 26.3 Å². The average Bonchev–Trinajstić information content (AvgIpc) is 2.59. The van der Waals surface area contributed by atoms with Gasteiger partial charge in [0.05, 0.1) is 6.61 Å². The van der Waals surface area contributed by atoms with Crippen LogP contribution in [0.4, 0.5) is 0 Å². The zero-order valence-corrected chi connectivity index (χ0v) is 17.5. The van der Waals surface area contributed by atoms with Gasteiger partial charge in [-0.15, -0.1) is 0 Å². The Bertz CT molecular complexity index is 504. The van der Waals surface area contributed by atoms with Crippen LogP contribution in [0.15, 0.2) is 36.9 Å². The summed E-state index contributed by atoms with van der Waals surface area (Å²) in [6.45, 7) is 10.6. The van der Waals surface area contributed by atoms with Gasteiger partial charge in [-0.05, 0) is 35.8 Å². The molecule has 0 radical (unpaired) electrons. The molecule has 1 aromatic carbocycles.